The van der Waals surface area contributed by atoms with E-state index in [1.165, 1.54) is 4.31 Å². The number of hydrogen-bond donors (Lipinski definition) is 1. The van der Waals surface area contributed by atoms with Gasteiger partial charge in [-0.1, -0.05) is 20.3 Å². The largest absolute Gasteiger partial charge is 0.340 e. The summed E-state index contributed by atoms with van der Waals surface area (Å²) in [6.45, 7) is 5.78. The molecule has 1 aliphatic carbocycles. The minimum atomic E-state index is -3.62. The van der Waals surface area contributed by atoms with Crippen molar-refractivity contribution < 1.29 is 13.2 Å². The maximum Gasteiger partial charge on any atom is 0.277 e. The van der Waals surface area contributed by atoms with Crippen LogP contribution >= 0.6 is 0 Å². The molecule has 0 bridgehead atoms. The van der Waals surface area contributed by atoms with Crippen molar-refractivity contribution in [2.75, 3.05) is 26.2 Å². The van der Waals surface area contributed by atoms with Crippen LogP contribution in [0.1, 0.15) is 33.1 Å². The molecule has 1 unspecified atom stereocenters. The second-order valence-corrected chi connectivity index (χ2v) is 7.75. The zero-order valence-electron chi connectivity index (χ0n) is 11.6. The van der Waals surface area contributed by atoms with E-state index in [9.17, 15) is 13.2 Å². The minimum Gasteiger partial charge on any atom is -0.340 e. The van der Waals surface area contributed by atoms with E-state index in [1.54, 1.807) is 4.90 Å². The van der Waals surface area contributed by atoms with E-state index in [2.05, 4.69) is 13.8 Å². The van der Waals surface area contributed by atoms with Crippen molar-refractivity contribution in [3.63, 3.8) is 0 Å². The Morgan fingerprint density at radius 1 is 1.21 bits per heavy atom. The lowest BCUT2D eigenvalue weighted by molar-refractivity contribution is -0.139. The van der Waals surface area contributed by atoms with Crippen molar-refractivity contribution in [1.82, 2.24) is 9.21 Å². The molecule has 110 valence electrons. The van der Waals surface area contributed by atoms with E-state index in [4.69, 9.17) is 5.14 Å². The Kier molecular flexibility index (Phi) is 3.90. The molecule has 0 aromatic rings. The molecule has 2 N–H and O–H groups in total. The first kappa shape index (κ1) is 14.7. The van der Waals surface area contributed by atoms with Crippen molar-refractivity contribution in [3.05, 3.63) is 0 Å². The van der Waals surface area contributed by atoms with Crippen LogP contribution in [0.4, 0.5) is 0 Å². The fraction of sp³-hybridized carbons (Fsp3) is 0.917. The highest BCUT2D eigenvalue weighted by molar-refractivity contribution is 7.86. The average molecular weight is 289 g/mol. The molecule has 0 spiro atoms. The lowest BCUT2D eigenvalue weighted by Crippen LogP contribution is -2.54. The Morgan fingerprint density at radius 2 is 1.79 bits per heavy atom. The second kappa shape index (κ2) is 5.03. The topological polar surface area (TPSA) is 83.7 Å². The fourth-order valence-corrected chi connectivity index (χ4v) is 3.84. The molecule has 1 heterocycles. The van der Waals surface area contributed by atoms with E-state index in [1.807, 2.05) is 0 Å². The van der Waals surface area contributed by atoms with Crippen LogP contribution in [0.3, 0.4) is 0 Å². The van der Waals surface area contributed by atoms with Crippen LogP contribution in [-0.4, -0.2) is 49.7 Å². The third kappa shape index (κ3) is 3.09. The summed E-state index contributed by atoms with van der Waals surface area (Å²) in [6.07, 6.45) is 3.13. The molecule has 2 rings (SSSR count). The van der Waals surface area contributed by atoms with Crippen LogP contribution < -0.4 is 5.14 Å². The molecule has 7 heteroatoms. The number of nitrogens with zero attached hydrogens (tertiary/aromatic N) is 2. The molecule has 1 atom stereocenters. The van der Waals surface area contributed by atoms with E-state index < -0.39 is 10.2 Å². The monoisotopic (exact) mass is 289 g/mol. The third-order valence-corrected chi connectivity index (χ3v) is 5.55. The highest BCUT2D eigenvalue weighted by Gasteiger charge is 2.41. The molecular formula is C12H23N3O3S. The van der Waals surface area contributed by atoms with E-state index in [0.717, 1.165) is 19.3 Å². The van der Waals surface area contributed by atoms with Gasteiger partial charge in [-0.2, -0.15) is 12.7 Å². The Labute approximate surface area is 115 Å². The van der Waals surface area contributed by atoms with Gasteiger partial charge in [-0.3, -0.25) is 4.79 Å². The standard InChI is InChI=1S/C12H23N3O3S/c1-12(2)5-3-4-10(12)11(16)14-6-8-15(9-7-14)19(13,17)18/h10H,3-9H2,1-2H3,(H2,13,17,18). The number of hydrogen-bond acceptors (Lipinski definition) is 3. The second-order valence-electron chi connectivity index (χ2n) is 6.20. The van der Waals surface area contributed by atoms with E-state index in [-0.39, 0.29) is 17.2 Å². The summed E-state index contributed by atoms with van der Waals surface area (Å²) in [4.78, 5) is 14.3. The molecule has 0 aromatic carbocycles. The summed E-state index contributed by atoms with van der Waals surface area (Å²) in [6, 6.07) is 0. The van der Waals surface area contributed by atoms with Crippen molar-refractivity contribution in [3.8, 4) is 0 Å². The number of rotatable bonds is 2. The number of carbonyl (C=O) groups is 1. The van der Waals surface area contributed by atoms with E-state index >= 15 is 0 Å². The van der Waals surface area contributed by atoms with Crippen LogP contribution in [0.25, 0.3) is 0 Å². The maximum atomic E-state index is 12.5. The highest BCUT2D eigenvalue weighted by atomic mass is 32.2. The average Bonchev–Trinajstić information content (AvgIpc) is 2.67. The molecule has 1 saturated carbocycles. The third-order valence-electron chi connectivity index (χ3n) is 4.47. The van der Waals surface area contributed by atoms with Crippen molar-refractivity contribution in [2.45, 2.75) is 33.1 Å². The normalized spacial score (nSPS) is 28.6. The summed E-state index contributed by atoms with van der Waals surface area (Å²) in [5, 5.41) is 5.09. The number of carbonyl (C=O) groups excluding carboxylic acids is 1. The van der Waals surface area contributed by atoms with Gasteiger partial charge in [-0.25, -0.2) is 5.14 Å². The van der Waals surface area contributed by atoms with Gasteiger partial charge in [0.2, 0.25) is 5.91 Å². The van der Waals surface area contributed by atoms with Crippen molar-refractivity contribution >= 4 is 16.1 Å². The number of piperazine rings is 1. The van der Waals surface area contributed by atoms with Crippen LogP contribution in [0.15, 0.2) is 0 Å². The Balaban J connectivity index is 1.97. The molecule has 2 fully saturated rings. The molecule has 1 amide bonds. The number of nitrogens with two attached hydrogens (primary N) is 1. The zero-order chi connectivity index (χ0) is 14.3. The summed E-state index contributed by atoms with van der Waals surface area (Å²) in [5.74, 6) is 0.255. The van der Waals surface area contributed by atoms with Gasteiger partial charge in [0.15, 0.2) is 0 Å². The summed E-state index contributed by atoms with van der Waals surface area (Å²) >= 11 is 0. The van der Waals surface area contributed by atoms with Crippen LogP contribution in [-0.2, 0) is 15.0 Å². The molecule has 1 aliphatic heterocycles. The van der Waals surface area contributed by atoms with E-state index in [0.29, 0.717) is 26.2 Å². The highest BCUT2D eigenvalue weighted by Crippen LogP contribution is 2.43. The van der Waals surface area contributed by atoms with Crippen LogP contribution in [0.5, 0.6) is 0 Å². The van der Waals surface area contributed by atoms with Gasteiger partial charge >= 0.3 is 0 Å². The first-order chi connectivity index (χ1) is 8.72. The smallest absolute Gasteiger partial charge is 0.277 e. The van der Waals surface area contributed by atoms with Gasteiger partial charge in [-0.05, 0) is 18.3 Å². The fourth-order valence-electron chi connectivity index (χ4n) is 3.17. The molecule has 1 saturated heterocycles. The SMILES string of the molecule is CC1(C)CCCC1C(=O)N1CCN(S(N)(=O)=O)CC1. The quantitative estimate of drug-likeness (QED) is 0.786. The van der Waals surface area contributed by atoms with Crippen molar-refractivity contribution in [1.29, 1.82) is 0 Å². The van der Waals surface area contributed by atoms with Gasteiger partial charge in [0.1, 0.15) is 0 Å². The molecular weight excluding hydrogens is 266 g/mol. The van der Waals surface area contributed by atoms with Gasteiger partial charge in [0.05, 0.1) is 0 Å². The first-order valence-corrected chi connectivity index (χ1v) is 8.29. The summed E-state index contributed by atoms with van der Waals surface area (Å²) in [5.41, 5.74) is 0.0637. The molecule has 0 aromatic heterocycles. The van der Waals surface area contributed by atoms with Gasteiger partial charge in [0.25, 0.3) is 10.2 Å². The molecule has 19 heavy (non-hydrogen) atoms. The summed E-state index contributed by atoms with van der Waals surface area (Å²) in [7, 11) is -3.62. The maximum absolute atomic E-state index is 12.5. The number of amides is 1. The predicted octanol–water partition coefficient (Wildman–Crippen LogP) is 0.160. The van der Waals surface area contributed by atoms with Crippen LogP contribution in [0, 0.1) is 11.3 Å². The Morgan fingerprint density at radius 3 is 2.21 bits per heavy atom. The minimum absolute atomic E-state index is 0.0637. The van der Waals surface area contributed by atoms with Gasteiger partial charge in [0, 0.05) is 32.1 Å². The summed E-state index contributed by atoms with van der Waals surface area (Å²) < 4.78 is 23.7. The first-order valence-electron chi connectivity index (χ1n) is 6.78. The predicted molar refractivity (Wildman–Crippen MR) is 72.4 cm³/mol. The Bertz CT molecular complexity index is 453. The molecule has 0 radical (unpaired) electrons. The lowest BCUT2D eigenvalue weighted by Gasteiger charge is -2.37. The van der Waals surface area contributed by atoms with Gasteiger partial charge in [-0.15, -0.1) is 0 Å². The zero-order valence-corrected chi connectivity index (χ0v) is 12.4. The van der Waals surface area contributed by atoms with Crippen molar-refractivity contribution in [2.24, 2.45) is 16.5 Å². The molecule has 6 nitrogen and oxygen atoms in total. The Hall–Kier alpha value is -0.660. The molecule has 2 aliphatic rings. The van der Waals surface area contributed by atoms with Gasteiger partial charge < -0.3 is 4.90 Å². The lowest BCUT2D eigenvalue weighted by atomic mass is 9.81. The van der Waals surface area contributed by atoms with Crippen LogP contribution in [0.2, 0.25) is 0 Å².